The van der Waals surface area contributed by atoms with E-state index in [-0.39, 0.29) is 17.9 Å². The number of H-pyrrole nitrogens is 1. The molecule has 110 valence electrons. The number of aromatic amines is 1. The minimum Gasteiger partial charge on any atom is -0.494 e. The third kappa shape index (κ3) is 3.28. The van der Waals surface area contributed by atoms with Crippen LogP contribution in [0.1, 0.15) is 15.9 Å². The molecule has 0 aliphatic heterocycles. The molecule has 1 amide bonds. The van der Waals surface area contributed by atoms with Crippen molar-refractivity contribution in [3.63, 3.8) is 0 Å². The molecule has 0 atom stereocenters. The molecule has 0 aliphatic carbocycles. The van der Waals surface area contributed by atoms with Gasteiger partial charge >= 0.3 is 0 Å². The van der Waals surface area contributed by atoms with Crippen LogP contribution in [0.3, 0.4) is 0 Å². The second kappa shape index (κ2) is 6.21. The molecule has 0 saturated heterocycles. The van der Waals surface area contributed by atoms with Gasteiger partial charge in [-0.05, 0) is 29.8 Å². The summed E-state index contributed by atoms with van der Waals surface area (Å²) in [5, 5.41) is 0. The predicted molar refractivity (Wildman–Crippen MR) is 75.8 cm³/mol. The molecular weight excluding hydrogens is 275 g/mol. The van der Waals surface area contributed by atoms with Crippen LogP contribution in [0.15, 0.2) is 41.3 Å². The number of benzene rings is 1. The van der Waals surface area contributed by atoms with E-state index in [2.05, 4.69) is 4.98 Å². The fourth-order valence-corrected chi connectivity index (χ4v) is 1.95. The highest BCUT2D eigenvalue weighted by molar-refractivity contribution is 5.93. The number of methoxy groups -OCH3 is 1. The molecule has 0 aliphatic rings. The van der Waals surface area contributed by atoms with Gasteiger partial charge in [-0.2, -0.15) is 0 Å². The number of ether oxygens (including phenoxy) is 1. The highest BCUT2D eigenvalue weighted by Crippen LogP contribution is 2.18. The zero-order chi connectivity index (χ0) is 15.4. The topological polar surface area (TPSA) is 62.4 Å². The van der Waals surface area contributed by atoms with Gasteiger partial charge < -0.3 is 14.6 Å². The molecule has 1 aromatic carbocycles. The van der Waals surface area contributed by atoms with Crippen LogP contribution in [-0.4, -0.2) is 29.9 Å². The lowest BCUT2D eigenvalue weighted by Crippen LogP contribution is -2.31. The third-order valence-electron chi connectivity index (χ3n) is 3.03. The molecule has 21 heavy (non-hydrogen) atoms. The molecule has 2 rings (SSSR count). The van der Waals surface area contributed by atoms with Crippen LogP contribution in [0.2, 0.25) is 0 Å². The molecule has 1 N–H and O–H groups in total. The van der Waals surface area contributed by atoms with Crippen molar-refractivity contribution in [1.82, 2.24) is 9.88 Å². The standard InChI is InChI=1S/C15H15FN2O3/c1-18(15(20)11-4-3-7-17-14(11)19)9-10-5-6-13(21-2)12(16)8-10/h3-8H,9H2,1-2H3,(H,17,19). The fraction of sp³-hybridized carbons (Fsp3) is 0.200. The van der Waals surface area contributed by atoms with Crippen LogP contribution in [0.5, 0.6) is 5.75 Å². The summed E-state index contributed by atoms with van der Waals surface area (Å²) in [4.78, 5) is 27.5. The molecule has 0 bridgehead atoms. The van der Waals surface area contributed by atoms with Gasteiger partial charge in [0.15, 0.2) is 11.6 Å². The van der Waals surface area contributed by atoms with E-state index in [9.17, 15) is 14.0 Å². The number of rotatable bonds is 4. The maximum absolute atomic E-state index is 13.6. The van der Waals surface area contributed by atoms with Crippen molar-refractivity contribution < 1.29 is 13.9 Å². The van der Waals surface area contributed by atoms with Crippen LogP contribution < -0.4 is 10.3 Å². The van der Waals surface area contributed by atoms with Crippen molar-refractivity contribution in [3.8, 4) is 5.75 Å². The Bertz CT molecular complexity index is 712. The van der Waals surface area contributed by atoms with Gasteiger partial charge in [0, 0.05) is 19.8 Å². The minimum absolute atomic E-state index is 0.0500. The number of carbonyl (C=O) groups is 1. The van der Waals surface area contributed by atoms with E-state index in [1.807, 2.05) is 0 Å². The second-order valence-corrected chi connectivity index (χ2v) is 4.54. The number of amides is 1. The van der Waals surface area contributed by atoms with E-state index in [1.54, 1.807) is 19.2 Å². The molecule has 2 aromatic rings. The van der Waals surface area contributed by atoms with Crippen LogP contribution in [0.4, 0.5) is 4.39 Å². The summed E-state index contributed by atoms with van der Waals surface area (Å²) in [6.45, 7) is 0.189. The summed E-state index contributed by atoms with van der Waals surface area (Å²) in [5.74, 6) is -0.770. The Labute approximate surface area is 121 Å². The monoisotopic (exact) mass is 290 g/mol. The molecule has 5 nitrogen and oxygen atoms in total. The highest BCUT2D eigenvalue weighted by atomic mass is 19.1. The van der Waals surface area contributed by atoms with Crippen LogP contribution in [0.25, 0.3) is 0 Å². The first-order valence-corrected chi connectivity index (χ1v) is 6.28. The second-order valence-electron chi connectivity index (χ2n) is 4.54. The van der Waals surface area contributed by atoms with Gasteiger partial charge in [0.25, 0.3) is 11.5 Å². The largest absolute Gasteiger partial charge is 0.494 e. The van der Waals surface area contributed by atoms with Crippen LogP contribution >= 0.6 is 0 Å². The van der Waals surface area contributed by atoms with Gasteiger partial charge in [0.05, 0.1) is 7.11 Å². The number of nitrogens with zero attached hydrogens (tertiary/aromatic N) is 1. The fourth-order valence-electron chi connectivity index (χ4n) is 1.95. The Hall–Kier alpha value is -2.63. The first-order chi connectivity index (χ1) is 10.0. The van der Waals surface area contributed by atoms with Crippen LogP contribution in [0, 0.1) is 5.82 Å². The molecular formula is C15H15FN2O3. The van der Waals surface area contributed by atoms with Gasteiger partial charge in [0.1, 0.15) is 5.56 Å². The zero-order valence-electron chi connectivity index (χ0n) is 11.7. The van der Waals surface area contributed by atoms with Crippen LogP contribution in [-0.2, 0) is 6.54 Å². The lowest BCUT2D eigenvalue weighted by Gasteiger charge is -2.17. The van der Waals surface area contributed by atoms with Crippen molar-refractivity contribution in [3.05, 3.63) is 63.8 Å². The van der Waals surface area contributed by atoms with Crippen molar-refractivity contribution in [2.75, 3.05) is 14.2 Å². The van der Waals surface area contributed by atoms with Gasteiger partial charge in [-0.1, -0.05) is 6.07 Å². The smallest absolute Gasteiger partial charge is 0.260 e. The first kappa shape index (κ1) is 14.8. The Morgan fingerprint density at radius 3 is 2.76 bits per heavy atom. The average Bonchev–Trinajstić information content (AvgIpc) is 2.47. The van der Waals surface area contributed by atoms with Crippen molar-refractivity contribution in [2.24, 2.45) is 0 Å². The van der Waals surface area contributed by atoms with Gasteiger partial charge in [-0.3, -0.25) is 9.59 Å². The van der Waals surface area contributed by atoms with Gasteiger partial charge in [0.2, 0.25) is 0 Å². The molecule has 1 heterocycles. The predicted octanol–water partition coefficient (Wildman–Crippen LogP) is 1.79. The minimum atomic E-state index is -0.492. The van der Waals surface area contributed by atoms with Gasteiger partial charge in [-0.25, -0.2) is 4.39 Å². The van der Waals surface area contributed by atoms with Gasteiger partial charge in [-0.15, -0.1) is 0 Å². The summed E-state index contributed by atoms with van der Waals surface area (Å²) in [7, 11) is 2.94. The Morgan fingerprint density at radius 2 is 2.14 bits per heavy atom. The number of halogens is 1. The lowest BCUT2D eigenvalue weighted by molar-refractivity contribution is 0.0783. The zero-order valence-corrected chi connectivity index (χ0v) is 11.7. The summed E-state index contributed by atoms with van der Waals surface area (Å²) >= 11 is 0. The maximum atomic E-state index is 13.6. The number of carbonyl (C=O) groups excluding carboxylic acids is 1. The normalized spacial score (nSPS) is 10.2. The lowest BCUT2D eigenvalue weighted by atomic mass is 10.2. The Balaban J connectivity index is 2.16. The SMILES string of the molecule is COc1ccc(CN(C)C(=O)c2ccc[nH]c2=O)cc1F. The summed E-state index contributed by atoms with van der Waals surface area (Å²) in [6, 6.07) is 7.50. The molecule has 0 unspecified atom stereocenters. The van der Waals surface area contributed by atoms with E-state index in [0.717, 1.165) is 0 Å². The first-order valence-electron chi connectivity index (χ1n) is 6.28. The van der Waals surface area contributed by atoms with E-state index in [4.69, 9.17) is 4.74 Å². The number of pyridine rings is 1. The summed E-state index contributed by atoms with van der Waals surface area (Å²) in [5.41, 5.74) is 0.209. The van der Waals surface area contributed by atoms with E-state index >= 15 is 0 Å². The van der Waals surface area contributed by atoms with Crippen molar-refractivity contribution >= 4 is 5.91 Å². The quantitative estimate of drug-likeness (QED) is 0.934. The number of aromatic nitrogens is 1. The maximum Gasteiger partial charge on any atom is 0.260 e. The highest BCUT2D eigenvalue weighted by Gasteiger charge is 2.15. The van der Waals surface area contributed by atoms with E-state index < -0.39 is 17.3 Å². The van der Waals surface area contributed by atoms with E-state index in [1.165, 1.54) is 36.4 Å². The summed E-state index contributed by atoms with van der Waals surface area (Å²) in [6.07, 6.45) is 1.46. The van der Waals surface area contributed by atoms with E-state index in [0.29, 0.717) is 5.56 Å². The molecule has 0 spiro atoms. The van der Waals surface area contributed by atoms with Crippen molar-refractivity contribution in [2.45, 2.75) is 6.54 Å². The number of hydrogen-bond donors (Lipinski definition) is 1. The molecule has 0 radical (unpaired) electrons. The molecule has 0 saturated carbocycles. The number of hydrogen-bond acceptors (Lipinski definition) is 3. The summed E-state index contributed by atoms with van der Waals surface area (Å²) < 4.78 is 18.4. The number of nitrogens with one attached hydrogen (secondary N) is 1. The molecule has 1 aromatic heterocycles. The molecule has 6 heteroatoms. The molecule has 0 fully saturated rings. The van der Waals surface area contributed by atoms with Crippen molar-refractivity contribution in [1.29, 1.82) is 0 Å². The Morgan fingerprint density at radius 1 is 1.38 bits per heavy atom. The third-order valence-corrected chi connectivity index (χ3v) is 3.03. The average molecular weight is 290 g/mol. The Kier molecular flexibility index (Phi) is 4.37.